The molecule has 0 aliphatic carbocycles. The molecule has 3 aliphatic heterocycles. The molecular formula is C16H31IN4OS. The van der Waals surface area contributed by atoms with Crippen molar-refractivity contribution >= 4 is 41.7 Å². The van der Waals surface area contributed by atoms with Gasteiger partial charge in [0.05, 0.1) is 12.7 Å². The number of guanidine groups is 1. The number of rotatable bonds is 3. The summed E-state index contributed by atoms with van der Waals surface area (Å²) in [4.78, 5) is 9.49. The minimum atomic E-state index is 0. The maximum absolute atomic E-state index is 6.03. The smallest absolute Gasteiger partial charge is 0.193 e. The predicted octanol–water partition coefficient (Wildman–Crippen LogP) is 1.87. The van der Waals surface area contributed by atoms with Gasteiger partial charge in [-0.3, -0.25) is 9.89 Å². The van der Waals surface area contributed by atoms with E-state index in [0.717, 1.165) is 44.0 Å². The van der Waals surface area contributed by atoms with Gasteiger partial charge in [-0.05, 0) is 25.8 Å². The molecule has 0 aromatic rings. The van der Waals surface area contributed by atoms with Crippen LogP contribution in [-0.2, 0) is 4.74 Å². The number of hydrogen-bond acceptors (Lipinski definition) is 4. The molecule has 0 amide bonds. The summed E-state index contributed by atoms with van der Waals surface area (Å²) in [6.45, 7) is 8.59. The molecule has 0 bridgehead atoms. The molecule has 0 aromatic carbocycles. The van der Waals surface area contributed by atoms with Crippen LogP contribution in [-0.4, -0.2) is 85.3 Å². The summed E-state index contributed by atoms with van der Waals surface area (Å²) in [6.07, 6.45) is 4.18. The Morgan fingerprint density at radius 2 is 2.22 bits per heavy atom. The zero-order valence-corrected chi connectivity index (χ0v) is 17.5. The molecule has 134 valence electrons. The lowest BCUT2D eigenvalue weighted by atomic mass is 10.2. The lowest BCUT2D eigenvalue weighted by Crippen LogP contribution is -2.53. The topological polar surface area (TPSA) is 40.1 Å². The quantitative estimate of drug-likeness (QED) is 0.401. The second-order valence-electron chi connectivity index (χ2n) is 6.52. The molecule has 3 aliphatic rings. The molecule has 7 heteroatoms. The molecule has 0 saturated carbocycles. The van der Waals surface area contributed by atoms with E-state index in [9.17, 15) is 0 Å². The van der Waals surface area contributed by atoms with Gasteiger partial charge in [0.15, 0.2) is 5.96 Å². The average molecular weight is 454 g/mol. The molecule has 3 unspecified atom stereocenters. The summed E-state index contributed by atoms with van der Waals surface area (Å²) in [6, 6.07) is 0.681. The first-order valence-electron chi connectivity index (χ1n) is 8.73. The van der Waals surface area contributed by atoms with Crippen LogP contribution in [0.5, 0.6) is 0 Å². The highest BCUT2D eigenvalue weighted by atomic mass is 127. The Hall–Kier alpha value is 0.270. The van der Waals surface area contributed by atoms with Gasteiger partial charge in [0.25, 0.3) is 0 Å². The molecule has 3 rings (SSSR count). The lowest BCUT2D eigenvalue weighted by Gasteiger charge is -2.37. The van der Waals surface area contributed by atoms with E-state index in [2.05, 4.69) is 38.8 Å². The van der Waals surface area contributed by atoms with Crippen molar-refractivity contribution in [2.75, 3.05) is 52.1 Å². The third-order valence-corrected chi connectivity index (χ3v) is 6.43. The Kier molecular flexibility index (Phi) is 8.24. The Labute approximate surface area is 162 Å². The van der Waals surface area contributed by atoms with Crippen LogP contribution in [0, 0.1) is 0 Å². The van der Waals surface area contributed by atoms with Crippen molar-refractivity contribution in [3.63, 3.8) is 0 Å². The number of hydrogen-bond donors (Lipinski definition) is 1. The van der Waals surface area contributed by atoms with Crippen LogP contribution in [0.3, 0.4) is 0 Å². The van der Waals surface area contributed by atoms with Gasteiger partial charge < -0.3 is 15.0 Å². The molecule has 3 heterocycles. The van der Waals surface area contributed by atoms with Gasteiger partial charge >= 0.3 is 0 Å². The summed E-state index contributed by atoms with van der Waals surface area (Å²) in [5, 5.41) is 4.29. The van der Waals surface area contributed by atoms with Crippen molar-refractivity contribution in [3.8, 4) is 0 Å². The number of halogens is 1. The van der Waals surface area contributed by atoms with Crippen LogP contribution in [0.25, 0.3) is 0 Å². The largest absolute Gasteiger partial charge is 0.373 e. The molecule has 23 heavy (non-hydrogen) atoms. The van der Waals surface area contributed by atoms with E-state index in [1.165, 1.54) is 31.6 Å². The van der Waals surface area contributed by atoms with Crippen molar-refractivity contribution in [3.05, 3.63) is 0 Å². The number of nitrogens with zero attached hydrogens (tertiary/aromatic N) is 3. The summed E-state index contributed by atoms with van der Waals surface area (Å²) < 4.78 is 6.03. The highest BCUT2D eigenvalue weighted by molar-refractivity contribution is 14.0. The van der Waals surface area contributed by atoms with Crippen molar-refractivity contribution < 1.29 is 4.74 Å². The number of ether oxygens (including phenoxy) is 1. The zero-order valence-electron chi connectivity index (χ0n) is 14.4. The second kappa shape index (κ2) is 9.68. The highest BCUT2D eigenvalue weighted by Crippen LogP contribution is 2.23. The van der Waals surface area contributed by atoms with Gasteiger partial charge in [-0.15, -0.1) is 24.0 Å². The number of thioether (sulfide) groups is 1. The predicted molar refractivity (Wildman–Crippen MR) is 109 cm³/mol. The molecule has 3 fully saturated rings. The number of nitrogens with one attached hydrogen (secondary N) is 1. The van der Waals surface area contributed by atoms with Crippen molar-refractivity contribution in [1.29, 1.82) is 0 Å². The molecule has 3 saturated heterocycles. The fraction of sp³-hybridized carbons (Fsp3) is 0.938. The zero-order chi connectivity index (χ0) is 15.4. The molecule has 0 radical (unpaired) electrons. The maximum atomic E-state index is 6.03. The summed E-state index contributed by atoms with van der Waals surface area (Å²) in [7, 11) is 1.89. The first kappa shape index (κ1) is 19.6. The van der Waals surface area contributed by atoms with E-state index in [0.29, 0.717) is 12.1 Å². The Bertz CT molecular complexity index is 398. The van der Waals surface area contributed by atoms with E-state index >= 15 is 0 Å². The third kappa shape index (κ3) is 5.12. The normalized spacial score (nSPS) is 32.3. The third-order valence-electron chi connectivity index (χ3n) is 5.05. The van der Waals surface area contributed by atoms with Crippen LogP contribution in [0.15, 0.2) is 4.99 Å². The maximum Gasteiger partial charge on any atom is 0.193 e. The Morgan fingerprint density at radius 1 is 1.35 bits per heavy atom. The van der Waals surface area contributed by atoms with E-state index < -0.39 is 0 Å². The second-order valence-corrected chi connectivity index (χ2v) is 7.93. The first-order chi connectivity index (χ1) is 10.8. The molecule has 3 atom stereocenters. The molecule has 1 N–H and O–H groups in total. The highest BCUT2D eigenvalue weighted by Gasteiger charge is 2.32. The molecule has 5 nitrogen and oxygen atoms in total. The van der Waals surface area contributed by atoms with Gasteiger partial charge in [0.1, 0.15) is 0 Å². The van der Waals surface area contributed by atoms with Crippen molar-refractivity contribution in [1.82, 2.24) is 15.1 Å². The Balaban J connectivity index is 0.00000192. The van der Waals surface area contributed by atoms with Gasteiger partial charge in [-0.1, -0.05) is 6.92 Å². The lowest BCUT2D eigenvalue weighted by molar-refractivity contribution is -0.0454. The summed E-state index contributed by atoms with van der Waals surface area (Å²) >= 11 is 2.10. The summed E-state index contributed by atoms with van der Waals surface area (Å²) in [5.41, 5.74) is 0. The molecule has 0 spiro atoms. The van der Waals surface area contributed by atoms with E-state index in [4.69, 9.17) is 4.74 Å². The number of morpholine rings is 1. The summed E-state index contributed by atoms with van der Waals surface area (Å²) in [5.74, 6) is 2.25. The fourth-order valence-corrected chi connectivity index (χ4v) is 4.89. The molecular weight excluding hydrogens is 423 g/mol. The SMILES string of the molecule is CCC1CN(C(=NC)NCC2CN3CCCC3CO2)CCS1.I. The van der Waals surface area contributed by atoms with Gasteiger partial charge in [-0.2, -0.15) is 11.8 Å². The standard InChI is InChI=1S/C16H30N4OS.HI/c1-3-15-11-20(7-8-22-15)16(17-2)18-9-14-10-19-6-4-5-13(19)12-21-14;/h13-15H,3-12H2,1-2H3,(H,17,18);1H. The van der Waals surface area contributed by atoms with E-state index in [1.54, 1.807) is 0 Å². The number of aliphatic imine (C=N–C) groups is 1. The molecule has 0 aromatic heterocycles. The monoisotopic (exact) mass is 454 g/mol. The van der Waals surface area contributed by atoms with Gasteiger partial charge in [0.2, 0.25) is 0 Å². The minimum Gasteiger partial charge on any atom is -0.373 e. The number of fused-ring (bicyclic) bond motifs is 1. The van der Waals surface area contributed by atoms with Crippen molar-refractivity contribution in [2.45, 2.75) is 43.6 Å². The fourth-order valence-electron chi connectivity index (χ4n) is 3.71. The van der Waals surface area contributed by atoms with Crippen LogP contribution in [0.1, 0.15) is 26.2 Å². The van der Waals surface area contributed by atoms with Crippen LogP contribution in [0.4, 0.5) is 0 Å². The Morgan fingerprint density at radius 3 is 3.00 bits per heavy atom. The van der Waals surface area contributed by atoms with Crippen molar-refractivity contribution in [2.24, 2.45) is 4.99 Å². The first-order valence-corrected chi connectivity index (χ1v) is 9.78. The van der Waals surface area contributed by atoms with E-state index in [-0.39, 0.29) is 24.0 Å². The van der Waals surface area contributed by atoms with Crippen LogP contribution >= 0.6 is 35.7 Å². The van der Waals surface area contributed by atoms with Crippen LogP contribution < -0.4 is 5.32 Å². The van der Waals surface area contributed by atoms with Gasteiger partial charge in [0, 0.05) is 50.3 Å². The van der Waals surface area contributed by atoms with Gasteiger partial charge in [-0.25, -0.2) is 0 Å². The average Bonchev–Trinajstić information content (AvgIpc) is 3.03. The minimum absolute atomic E-state index is 0. The van der Waals surface area contributed by atoms with E-state index in [1.807, 2.05) is 7.05 Å². The van der Waals surface area contributed by atoms with Crippen LogP contribution in [0.2, 0.25) is 0 Å².